The SMILES string of the molecule is COc1ncc(-c2cccnc2)cc1CCl. The lowest BCUT2D eigenvalue weighted by Crippen LogP contribution is -1.94. The molecule has 2 rings (SSSR count). The highest BCUT2D eigenvalue weighted by atomic mass is 35.5. The number of hydrogen-bond acceptors (Lipinski definition) is 3. The van der Waals surface area contributed by atoms with Crippen LogP contribution in [0.2, 0.25) is 0 Å². The van der Waals surface area contributed by atoms with Crippen LogP contribution in [0.3, 0.4) is 0 Å². The van der Waals surface area contributed by atoms with Crippen LogP contribution >= 0.6 is 11.6 Å². The van der Waals surface area contributed by atoms with Crippen molar-refractivity contribution in [1.29, 1.82) is 0 Å². The third-order valence-corrected chi connectivity index (χ3v) is 2.55. The standard InChI is InChI=1S/C12H11ClN2O/c1-16-12-10(6-13)5-11(8-15-12)9-3-2-4-14-7-9/h2-5,7-8H,6H2,1H3. The van der Waals surface area contributed by atoms with Crippen molar-refractivity contribution < 1.29 is 4.74 Å². The fourth-order valence-electron chi connectivity index (χ4n) is 1.47. The summed E-state index contributed by atoms with van der Waals surface area (Å²) < 4.78 is 5.12. The van der Waals surface area contributed by atoms with Crippen molar-refractivity contribution in [3.63, 3.8) is 0 Å². The summed E-state index contributed by atoms with van der Waals surface area (Å²) in [7, 11) is 1.59. The average molecular weight is 235 g/mol. The molecular weight excluding hydrogens is 224 g/mol. The zero-order valence-corrected chi connectivity index (χ0v) is 9.61. The van der Waals surface area contributed by atoms with Gasteiger partial charge in [0.2, 0.25) is 5.88 Å². The molecule has 0 fully saturated rings. The molecule has 82 valence electrons. The highest BCUT2D eigenvalue weighted by Crippen LogP contribution is 2.24. The zero-order chi connectivity index (χ0) is 11.4. The van der Waals surface area contributed by atoms with E-state index >= 15 is 0 Å². The van der Waals surface area contributed by atoms with Gasteiger partial charge in [0.25, 0.3) is 0 Å². The predicted molar refractivity (Wildman–Crippen MR) is 63.6 cm³/mol. The number of ether oxygens (including phenoxy) is 1. The summed E-state index contributed by atoms with van der Waals surface area (Å²) >= 11 is 5.83. The fourth-order valence-corrected chi connectivity index (χ4v) is 1.66. The normalized spacial score (nSPS) is 10.1. The van der Waals surface area contributed by atoms with Crippen molar-refractivity contribution in [3.05, 3.63) is 42.4 Å². The Morgan fingerprint density at radius 2 is 2.19 bits per heavy atom. The quantitative estimate of drug-likeness (QED) is 0.766. The van der Waals surface area contributed by atoms with Crippen LogP contribution < -0.4 is 4.74 Å². The summed E-state index contributed by atoms with van der Waals surface area (Å²) in [5.41, 5.74) is 2.89. The number of aromatic nitrogens is 2. The van der Waals surface area contributed by atoms with Crippen LogP contribution in [0, 0.1) is 0 Å². The first-order chi connectivity index (χ1) is 7.85. The van der Waals surface area contributed by atoms with Crippen molar-refractivity contribution >= 4 is 11.6 Å². The van der Waals surface area contributed by atoms with Crippen molar-refractivity contribution in [2.45, 2.75) is 5.88 Å². The number of halogens is 1. The molecule has 0 aliphatic carbocycles. The van der Waals surface area contributed by atoms with Crippen molar-refractivity contribution in [2.24, 2.45) is 0 Å². The minimum Gasteiger partial charge on any atom is -0.481 e. The third-order valence-electron chi connectivity index (χ3n) is 2.26. The number of rotatable bonds is 3. The molecule has 0 aromatic carbocycles. The topological polar surface area (TPSA) is 35.0 Å². The van der Waals surface area contributed by atoms with Gasteiger partial charge < -0.3 is 4.74 Å². The van der Waals surface area contributed by atoms with Gasteiger partial charge in [0.1, 0.15) is 0 Å². The monoisotopic (exact) mass is 234 g/mol. The van der Waals surface area contributed by atoms with E-state index in [2.05, 4.69) is 9.97 Å². The van der Waals surface area contributed by atoms with Gasteiger partial charge >= 0.3 is 0 Å². The second-order valence-corrected chi connectivity index (χ2v) is 3.53. The molecule has 0 unspecified atom stereocenters. The number of pyridine rings is 2. The van der Waals surface area contributed by atoms with E-state index in [9.17, 15) is 0 Å². The molecule has 0 saturated heterocycles. The minimum absolute atomic E-state index is 0.379. The van der Waals surface area contributed by atoms with Gasteiger partial charge in [-0.25, -0.2) is 4.98 Å². The lowest BCUT2D eigenvalue weighted by molar-refractivity contribution is 0.394. The molecule has 2 aromatic heterocycles. The van der Waals surface area contributed by atoms with E-state index in [-0.39, 0.29) is 0 Å². The zero-order valence-electron chi connectivity index (χ0n) is 8.85. The van der Waals surface area contributed by atoms with Crippen molar-refractivity contribution in [2.75, 3.05) is 7.11 Å². The largest absolute Gasteiger partial charge is 0.481 e. The summed E-state index contributed by atoms with van der Waals surface area (Å²) in [6.07, 6.45) is 5.29. The van der Waals surface area contributed by atoms with E-state index in [4.69, 9.17) is 16.3 Å². The Kier molecular flexibility index (Phi) is 3.37. The summed E-state index contributed by atoms with van der Waals surface area (Å²) in [5, 5.41) is 0. The first-order valence-electron chi connectivity index (χ1n) is 4.84. The van der Waals surface area contributed by atoms with Gasteiger partial charge in [-0.2, -0.15) is 0 Å². The van der Waals surface area contributed by atoms with Gasteiger partial charge in [-0.05, 0) is 12.1 Å². The highest BCUT2D eigenvalue weighted by Gasteiger charge is 2.06. The van der Waals surface area contributed by atoms with Crippen LogP contribution in [0.1, 0.15) is 5.56 Å². The molecule has 16 heavy (non-hydrogen) atoms. The molecular formula is C12H11ClN2O. The number of methoxy groups -OCH3 is 1. The molecule has 0 aliphatic heterocycles. The third kappa shape index (κ3) is 2.14. The van der Waals surface area contributed by atoms with Gasteiger partial charge in [-0.3, -0.25) is 4.98 Å². The van der Waals surface area contributed by atoms with Gasteiger partial charge in [0.15, 0.2) is 0 Å². The molecule has 2 aromatic rings. The maximum atomic E-state index is 5.83. The maximum Gasteiger partial charge on any atom is 0.217 e. The van der Waals surface area contributed by atoms with E-state index in [0.717, 1.165) is 16.7 Å². The van der Waals surface area contributed by atoms with Gasteiger partial charge in [0.05, 0.1) is 13.0 Å². The summed E-state index contributed by atoms with van der Waals surface area (Å²) in [5.74, 6) is 0.951. The van der Waals surface area contributed by atoms with Crippen molar-refractivity contribution in [3.8, 4) is 17.0 Å². The van der Waals surface area contributed by atoms with Gasteiger partial charge in [-0.15, -0.1) is 11.6 Å². The van der Waals surface area contributed by atoms with Crippen LogP contribution in [0.25, 0.3) is 11.1 Å². The van der Waals surface area contributed by atoms with E-state index in [0.29, 0.717) is 11.8 Å². The summed E-state index contributed by atoms with van der Waals surface area (Å²) in [4.78, 5) is 8.28. The van der Waals surface area contributed by atoms with E-state index in [1.807, 2.05) is 18.2 Å². The molecule has 0 atom stereocenters. The van der Waals surface area contributed by atoms with Crippen LogP contribution in [0.15, 0.2) is 36.8 Å². The highest BCUT2D eigenvalue weighted by molar-refractivity contribution is 6.17. The summed E-state index contributed by atoms with van der Waals surface area (Å²) in [6.45, 7) is 0. The number of hydrogen-bond donors (Lipinski definition) is 0. The molecule has 0 saturated carbocycles. The van der Waals surface area contributed by atoms with Gasteiger partial charge in [0, 0.05) is 35.3 Å². The Morgan fingerprint density at radius 3 is 2.81 bits per heavy atom. The van der Waals surface area contributed by atoms with E-state index in [1.54, 1.807) is 25.7 Å². The molecule has 0 bridgehead atoms. The first-order valence-corrected chi connectivity index (χ1v) is 5.38. The Balaban J connectivity index is 2.44. The van der Waals surface area contributed by atoms with E-state index in [1.165, 1.54) is 0 Å². The Bertz CT molecular complexity index is 474. The van der Waals surface area contributed by atoms with E-state index < -0.39 is 0 Å². The Morgan fingerprint density at radius 1 is 1.31 bits per heavy atom. The van der Waals surface area contributed by atoms with Crippen LogP contribution in [0.5, 0.6) is 5.88 Å². The number of alkyl halides is 1. The second kappa shape index (κ2) is 4.94. The smallest absolute Gasteiger partial charge is 0.217 e. The predicted octanol–water partition coefficient (Wildman–Crippen LogP) is 2.89. The molecule has 0 aliphatic rings. The number of nitrogens with zero attached hydrogens (tertiary/aromatic N) is 2. The first kappa shape index (κ1) is 10.9. The maximum absolute atomic E-state index is 5.83. The Labute approximate surface area is 99.1 Å². The molecule has 0 N–H and O–H groups in total. The molecule has 4 heteroatoms. The molecule has 0 radical (unpaired) electrons. The second-order valence-electron chi connectivity index (χ2n) is 3.27. The molecule has 2 heterocycles. The van der Waals surface area contributed by atoms with Crippen molar-refractivity contribution in [1.82, 2.24) is 9.97 Å². The van der Waals surface area contributed by atoms with Crippen LogP contribution in [0.4, 0.5) is 0 Å². The lowest BCUT2D eigenvalue weighted by atomic mass is 10.1. The average Bonchev–Trinajstić information content (AvgIpc) is 2.39. The molecule has 3 nitrogen and oxygen atoms in total. The van der Waals surface area contributed by atoms with Gasteiger partial charge in [-0.1, -0.05) is 6.07 Å². The Hall–Kier alpha value is -1.61. The summed E-state index contributed by atoms with van der Waals surface area (Å²) in [6, 6.07) is 5.84. The fraction of sp³-hybridized carbons (Fsp3) is 0.167. The van der Waals surface area contributed by atoms with Crippen LogP contribution in [-0.2, 0) is 5.88 Å². The minimum atomic E-state index is 0.379. The van der Waals surface area contributed by atoms with Crippen LogP contribution in [-0.4, -0.2) is 17.1 Å². The molecule has 0 amide bonds. The molecule has 0 spiro atoms. The lowest BCUT2D eigenvalue weighted by Gasteiger charge is -2.07.